The van der Waals surface area contributed by atoms with Crippen LogP contribution in [0.25, 0.3) is 0 Å². The van der Waals surface area contributed by atoms with E-state index in [-0.39, 0.29) is 18.0 Å². The molecule has 1 aliphatic rings. The van der Waals surface area contributed by atoms with Crippen molar-refractivity contribution < 1.29 is 28.6 Å². The molecule has 1 aliphatic heterocycles. The number of likely N-dealkylation sites (tertiary alicyclic amines) is 1. The van der Waals surface area contributed by atoms with Crippen molar-refractivity contribution >= 4 is 11.9 Å². The number of hydrogen-bond donors (Lipinski definition) is 2. The smallest absolute Gasteiger partial charge is 0.335 e. The predicted molar refractivity (Wildman–Crippen MR) is 114 cm³/mol. The van der Waals surface area contributed by atoms with Crippen molar-refractivity contribution in [2.75, 3.05) is 6.54 Å². The van der Waals surface area contributed by atoms with Crippen molar-refractivity contribution in [2.24, 2.45) is 5.92 Å². The highest BCUT2D eigenvalue weighted by atomic mass is 19.3. The molecular weight excluding hydrogens is 404 g/mol. The van der Waals surface area contributed by atoms with Gasteiger partial charge in [-0.25, -0.2) is 4.79 Å². The van der Waals surface area contributed by atoms with E-state index in [1.54, 1.807) is 12.1 Å². The first-order valence-corrected chi connectivity index (χ1v) is 10.5. The highest BCUT2D eigenvalue weighted by Crippen LogP contribution is 2.34. The van der Waals surface area contributed by atoms with Gasteiger partial charge in [0.1, 0.15) is 0 Å². The average Bonchev–Trinajstić information content (AvgIpc) is 2.96. The highest BCUT2D eigenvalue weighted by Gasteiger charge is 2.52. The van der Waals surface area contributed by atoms with E-state index in [1.165, 1.54) is 24.3 Å². The van der Waals surface area contributed by atoms with E-state index in [4.69, 9.17) is 5.11 Å². The number of amides is 1. The van der Waals surface area contributed by atoms with Crippen molar-refractivity contribution in [3.05, 3.63) is 47.5 Å². The molecule has 0 aliphatic carbocycles. The van der Waals surface area contributed by atoms with Gasteiger partial charge in [0.05, 0.1) is 17.7 Å². The first kappa shape index (κ1) is 24.5. The van der Waals surface area contributed by atoms with Gasteiger partial charge in [-0.2, -0.15) is 8.78 Å². The Morgan fingerprint density at radius 3 is 2.61 bits per heavy atom. The van der Waals surface area contributed by atoms with Crippen LogP contribution in [0.15, 0.2) is 36.4 Å². The molecule has 168 valence electrons. The van der Waals surface area contributed by atoms with Crippen molar-refractivity contribution in [1.82, 2.24) is 4.90 Å². The molecule has 0 aromatic heterocycles. The van der Waals surface area contributed by atoms with Crippen LogP contribution in [0.1, 0.15) is 55.5 Å². The van der Waals surface area contributed by atoms with Gasteiger partial charge in [-0.1, -0.05) is 38.1 Å². The molecule has 2 N–H and O–H groups in total. The van der Waals surface area contributed by atoms with Crippen LogP contribution < -0.4 is 0 Å². The SMILES string of the molecule is CCCC#CC[C@H](C)[C@H](O)/C=C/C1CC(F)(F)C(=O)N1CCc1ccc(C(=O)O)cc1. The van der Waals surface area contributed by atoms with Crippen molar-refractivity contribution in [3.8, 4) is 11.8 Å². The molecule has 1 aromatic rings. The second-order valence-electron chi connectivity index (χ2n) is 7.89. The summed E-state index contributed by atoms with van der Waals surface area (Å²) in [5.74, 6) is 0.158. The summed E-state index contributed by atoms with van der Waals surface area (Å²) < 4.78 is 28.1. The van der Waals surface area contributed by atoms with Crippen molar-refractivity contribution in [1.29, 1.82) is 0 Å². The number of aliphatic hydroxyl groups is 1. The van der Waals surface area contributed by atoms with Gasteiger partial charge < -0.3 is 15.1 Å². The zero-order chi connectivity index (χ0) is 23.0. The number of carboxylic acid groups (broad SMARTS) is 1. The predicted octanol–water partition coefficient (Wildman–Crippen LogP) is 3.91. The molecule has 1 saturated heterocycles. The number of rotatable bonds is 9. The third-order valence-corrected chi connectivity index (χ3v) is 5.32. The molecule has 0 radical (unpaired) electrons. The van der Waals surface area contributed by atoms with Crippen molar-refractivity contribution in [3.63, 3.8) is 0 Å². The third kappa shape index (κ3) is 6.90. The van der Waals surface area contributed by atoms with Gasteiger partial charge in [0.25, 0.3) is 5.91 Å². The Morgan fingerprint density at radius 2 is 2.00 bits per heavy atom. The minimum atomic E-state index is -3.44. The number of carboxylic acids is 1. The minimum Gasteiger partial charge on any atom is -0.478 e. The highest BCUT2D eigenvalue weighted by molar-refractivity contribution is 5.87. The normalized spacial score (nSPS) is 19.8. The third-order valence-electron chi connectivity index (χ3n) is 5.32. The van der Waals surface area contributed by atoms with E-state index < -0.39 is 36.4 Å². The lowest BCUT2D eigenvalue weighted by atomic mass is 9.99. The van der Waals surface area contributed by atoms with E-state index in [9.17, 15) is 23.5 Å². The fourth-order valence-electron chi connectivity index (χ4n) is 3.32. The lowest BCUT2D eigenvalue weighted by Crippen LogP contribution is -2.37. The fourth-order valence-corrected chi connectivity index (χ4v) is 3.32. The maximum atomic E-state index is 14.1. The lowest BCUT2D eigenvalue weighted by Gasteiger charge is -2.22. The molecule has 1 unspecified atom stereocenters. The Kier molecular flexibility index (Phi) is 8.76. The number of carbonyl (C=O) groups is 2. The van der Waals surface area contributed by atoms with Gasteiger partial charge in [0, 0.05) is 25.8 Å². The summed E-state index contributed by atoms with van der Waals surface area (Å²) >= 11 is 0. The second-order valence-corrected chi connectivity index (χ2v) is 7.89. The van der Waals surface area contributed by atoms with E-state index >= 15 is 0 Å². The van der Waals surface area contributed by atoms with Gasteiger partial charge in [0.15, 0.2) is 0 Å². The number of benzene rings is 1. The monoisotopic (exact) mass is 433 g/mol. The van der Waals surface area contributed by atoms with Crippen LogP contribution in [-0.4, -0.2) is 51.6 Å². The number of halogens is 2. The Balaban J connectivity index is 2.01. The zero-order valence-corrected chi connectivity index (χ0v) is 17.9. The van der Waals surface area contributed by atoms with Crippen LogP contribution >= 0.6 is 0 Å². The summed E-state index contributed by atoms with van der Waals surface area (Å²) in [5.41, 5.74) is 0.880. The summed E-state index contributed by atoms with van der Waals surface area (Å²) in [6.45, 7) is 3.94. The second kappa shape index (κ2) is 11.1. The summed E-state index contributed by atoms with van der Waals surface area (Å²) in [4.78, 5) is 24.2. The van der Waals surface area contributed by atoms with Gasteiger partial charge in [0.2, 0.25) is 0 Å². The molecule has 31 heavy (non-hydrogen) atoms. The van der Waals surface area contributed by atoms with Gasteiger partial charge >= 0.3 is 11.9 Å². The van der Waals surface area contributed by atoms with Gasteiger partial charge in [-0.15, -0.1) is 11.8 Å². The lowest BCUT2D eigenvalue weighted by molar-refractivity contribution is -0.148. The average molecular weight is 433 g/mol. The number of carbonyl (C=O) groups excluding carboxylic acids is 1. The van der Waals surface area contributed by atoms with Gasteiger partial charge in [-0.05, 0) is 36.5 Å². The summed E-state index contributed by atoms with van der Waals surface area (Å²) in [6.07, 6.45) is 4.06. The zero-order valence-electron chi connectivity index (χ0n) is 17.9. The molecular formula is C24H29F2NO4. The van der Waals surface area contributed by atoms with Crippen LogP contribution in [0.4, 0.5) is 8.78 Å². The maximum Gasteiger partial charge on any atom is 0.335 e. The van der Waals surface area contributed by atoms with E-state index in [1.807, 2.05) is 13.8 Å². The Morgan fingerprint density at radius 1 is 1.32 bits per heavy atom. The number of aliphatic hydroxyl groups excluding tert-OH is 1. The molecule has 1 amide bonds. The number of aromatic carboxylic acids is 1. The fraction of sp³-hybridized carbons (Fsp3) is 0.500. The van der Waals surface area contributed by atoms with Crippen molar-refractivity contribution in [2.45, 2.75) is 64.0 Å². The minimum absolute atomic E-state index is 0.0734. The molecule has 2 rings (SSSR count). The maximum absolute atomic E-state index is 14.1. The largest absolute Gasteiger partial charge is 0.478 e. The van der Waals surface area contributed by atoms with Crippen LogP contribution in [0.5, 0.6) is 0 Å². The Hall–Kier alpha value is -2.72. The molecule has 3 atom stereocenters. The summed E-state index contributed by atoms with van der Waals surface area (Å²) in [7, 11) is 0. The van der Waals surface area contributed by atoms with E-state index in [0.29, 0.717) is 12.8 Å². The summed E-state index contributed by atoms with van der Waals surface area (Å²) in [6, 6.07) is 5.29. The first-order chi connectivity index (χ1) is 14.7. The topological polar surface area (TPSA) is 77.8 Å². The Labute approximate surface area is 181 Å². The van der Waals surface area contributed by atoms with Crippen LogP contribution in [0.3, 0.4) is 0 Å². The molecule has 7 heteroatoms. The Bertz CT molecular complexity index is 855. The van der Waals surface area contributed by atoms with Crippen LogP contribution in [-0.2, 0) is 11.2 Å². The van der Waals surface area contributed by atoms with E-state index in [0.717, 1.165) is 23.3 Å². The molecule has 1 aromatic carbocycles. The number of nitrogens with zero attached hydrogens (tertiary/aromatic N) is 1. The first-order valence-electron chi connectivity index (χ1n) is 10.5. The summed E-state index contributed by atoms with van der Waals surface area (Å²) in [5, 5.41) is 19.3. The molecule has 1 fully saturated rings. The molecule has 5 nitrogen and oxygen atoms in total. The number of hydrogen-bond acceptors (Lipinski definition) is 3. The molecule has 0 spiro atoms. The molecule has 0 saturated carbocycles. The molecule has 1 heterocycles. The standard InChI is InChI=1S/C24H29F2NO4/c1-3-4-5-6-7-17(2)21(28)13-12-20-16-24(25,26)23(31)27(20)15-14-18-8-10-19(11-9-18)22(29)30/h8-13,17,20-21,28H,3-4,7,14-16H2,1-2H3,(H,29,30)/b13-12+/t17-,20?,21+/m0/s1. The number of unbranched alkanes of at least 4 members (excludes halogenated alkanes) is 1. The quantitative estimate of drug-likeness (QED) is 0.457. The van der Waals surface area contributed by atoms with E-state index in [2.05, 4.69) is 11.8 Å². The van der Waals surface area contributed by atoms with Crippen LogP contribution in [0.2, 0.25) is 0 Å². The van der Waals surface area contributed by atoms with Gasteiger partial charge in [-0.3, -0.25) is 4.79 Å². The molecule has 0 bridgehead atoms. The van der Waals surface area contributed by atoms with Crippen LogP contribution in [0, 0.1) is 17.8 Å². The number of alkyl halides is 2.